The zero-order valence-electron chi connectivity index (χ0n) is 43.4. The fraction of sp³-hybridized carbons (Fsp3) is 0.364. The molecular weight excluding hydrogens is 793 g/mol. The second-order valence-electron chi connectivity index (χ2n) is 26.3. The number of hydrogen-bond acceptors (Lipinski definition) is 0. The van der Waals surface area contributed by atoms with Gasteiger partial charge in [0.15, 0.2) is 0 Å². The molecule has 0 aliphatic heterocycles. The molecule has 0 heteroatoms. The van der Waals surface area contributed by atoms with Crippen molar-refractivity contribution < 1.29 is 0 Å². The Morgan fingerprint density at radius 1 is 0.167 bits per heavy atom. The third-order valence-electron chi connectivity index (χ3n) is 15.3. The van der Waals surface area contributed by atoms with Gasteiger partial charge in [0, 0.05) is 0 Å². The Balaban J connectivity index is 1.64. The van der Waals surface area contributed by atoms with Gasteiger partial charge >= 0.3 is 0 Å². The average molecular weight is 865 g/mol. The summed E-state index contributed by atoms with van der Waals surface area (Å²) in [6, 6.07) is 44.7. The molecule has 0 aliphatic rings. The fourth-order valence-electron chi connectivity index (χ4n) is 11.1. The van der Waals surface area contributed by atoms with Gasteiger partial charge in [0.1, 0.15) is 0 Å². The minimum absolute atomic E-state index is 0.00857. The SMILES string of the molecule is CC(C)(C)c1ccc2c(c1)c1cc(C(C)(C)C)ccc1c1c2c2c3ccc(C(C)(C)C)cc3c3cc(C(C)(C)C)ccc3c2c2c3ccc(C(C)(C)C)cc3c3cc(C(C)(C)C)ccc3c12. The van der Waals surface area contributed by atoms with Crippen LogP contribution in [-0.4, -0.2) is 0 Å². The summed E-state index contributed by atoms with van der Waals surface area (Å²) in [5, 5.41) is 24.2. The average Bonchev–Trinajstić information content (AvgIpc) is 3.22. The van der Waals surface area contributed by atoms with Crippen molar-refractivity contribution in [2.75, 3.05) is 0 Å². The lowest BCUT2D eigenvalue weighted by Gasteiger charge is -2.27. The summed E-state index contributed by atoms with van der Waals surface area (Å²) in [6.45, 7) is 42.4. The third kappa shape index (κ3) is 6.82. The molecule has 0 spiro atoms. The third-order valence-corrected chi connectivity index (χ3v) is 15.3. The first-order valence-corrected chi connectivity index (χ1v) is 24.7. The Labute approximate surface area is 394 Å². The van der Waals surface area contributed by atoms with Gasteiger partial charge in [-0.2, -0.15) is 0 Å². The Morgan fingerprint density at radius 2 is 0.288 bits per heavy atom. The molecule has 0 fully saturated rings. The van der Waals surface area contributed by atoms with Crippen LogP contribution >= 0.6 is 0 Å². The van der Waals surface area contributed by atoms with E-state index in [4.69, 9.17) is 0 Å². The second-order valence-corrected chi connectivity index (χ2v) is 26.3. The van der Waals surface area contributed by atoms with Crippen LogP contribution in [0.15, 0.2) is 109 Å². The van der Waals surface area contributed by atoms with Crippen LogP contribution in [0, 0.1) is 0 Å². The van der Waals surface area contributed by atoms with E-state index in [1.807, 2.05) is 0 Å². The molecule has 0 N–H and O–H groups in total. The summed E-state index contributed by atoms with van der Waals surface area (Å²) in [5.74, 6) is 0. The lowest BCUT2D eigenvalue weighted by atomic mass is 9.76. The van der Waals surface area contributed by atoms with Crippen LogP contribution in [0.25, 0.3) is 97.0 Å². The summed E-state index contributed by atoms with van der Waals surface area (Å²) in [4.78, 5) is 0. The van der Waals surface area contributed by atoms with Crippen molar-refractivity contribution in [2.24, 2.45) is 0 Å². The highest BCUT2D eigenvalue weighted by Gasteiger charge is 2.28. The first-order valence-electron chi connectivity index (χ1n) is 24.7. The van der Waals surface area contributed by atoms with Gasteiger partial charge in [-0.25, -0.2) is 0 Å². The first kappa shape index (κ1) is 44.4. The zero-order chi connectivity index (χ0) is 47.6. The minimum atomic E-state index is -0.00857. The number of benzene rings is 10. The van der Waals surface area contributed by atoms with Crippen molar-refractivity contribution in [1.82, 2.24) is 0 Å². The molecule has 66 heavy (non-hydrogen) atoms. The van der Waals surface area contributed by atoms with Crippen molar-refractivity contribution in [3.63, 3.8) is 0 Å². The maximum atomic E-state index is 2.54. The Morgan fingerprint density at radius 3 is 0.394 bits per heavy atom. The maximum Gasteiger partial charge on any atom is -0.000718 e. The summed E-state index contributed by atoms with van der Waals surface area (Å²) in [6.07, 6.45) is 0. The van der Waals surface area contributed by atoms with E-state index < -0.39 is 0 Å². The molecule has 0 unspecified atom stereocenters. The monoisotopic (exact) mass is 865 g/mol. The molecule has 10 aromatic rings. The molecule has 0 nitrogen and oxygen atoms in total. The van der Waals surface area contributed by atoms with Gasteiger partial charge in [-0.1, -0.05) is 197 Å². The van der Waals surface area contributed by atoms with Gasteiger partial charge in [0.05, 0.1) is 0 Å². The number of hydrogen-bond donors (Lipinski definition) is 0. The minimum Gasteiger partial charge on any atom is -0.0578 e. The van der Waals surface area contributed by atoms with Crippen LogP contribution in [0.2, 0.25) is 0 Å². The molecule has 0 radical (unpaired) electrons. The summed E-state index contributed by atoms with van der Waals surface area (Å²) < 4.78 is 0. The van der Waals surface area contributed by atoms with Crippen LogP contribution in [0.3, 0.4) is 0 Å². The van der Waals surface area contributed by atoms with E-state index in [9.17, 15) is 0 Å². The Kier molecular flexibility index (Phi) is 9.44. The van der Waals surface area contributed by atoms with Crippen LogP contribution < -0.4 is 0 Å². The summed E-state index contributed by atoms with van der Waals surface area (Å²) in [7, 11) is 0. The topological polar surface area (TPSA) is 0 Å². The van der Waals surface area contributed by atoms with E-state index in [-0.39, 0.29) is 32.5 Å². The molecule has 0 heterocycles. The van der Waals surface area contributed by atoms with Crippen molar-refractivity contribution >= 4 is 97.0 Å². The molecule has 10 aromatic carbocycles. The van der Waals surface area contributed by atoms with Crippen LogP contribution in [0.1, 0.15) is 158 Å². The molecule has 0 amide bonds. The van der Waals surface area contributed by atoms with E-state index in [1.165, 1.54) is 130 Å². The molecule has 10 rings (SSSR count). The smallest absolute Gasteiger partial charge is 0.000718 e. The first-order chi connectivity index (χ1) is 30.5. The highest BCUT2D eigenvalue weighted by molar-refractivity contribution is 6.51. The molecule has 0 aliphatic carbocycles. The van der Waals surface area contributed by atoms with Gasteiger partial charge in [-0.05, 0) is 199 Å². The van der Waals surface area contributed by atoms with Crippen molar-refractivity contribution in [3.8, 4) is 0 Å². The van der Waals surface area contributed by atoms with Gasteiger partial charge < -0.3 is 0 Å². The Bertz CT molecular complexity index is 3040. The normalized spacial score (nSPS) is 13.9. The maximum absolute atomic E-state index is 2.54. The molecule has 0 atom stereocenters. The quantitative estimate of drug-likeness (QED) is 0.133. The molecule has 0 aromatic heterocycles. The van der Waals surface area contributed by atoms with Crippen molar-refractivity contribution in [3.05, 3.63) is 143 Å². The molecular formula is C66H72. The van der Waals surface area contributed by atoms with E-state index in [0.717, 1.165) is 0 Å². The van der Waals surface area contributed by atoms with Gasteiger partial charge in [-0.3, -0.25) is 0 Å². The summed E-state index contributed by atoms with van der Waals surface area (Å²) >= 11 is 0. The predicted octanol–water partition coefficient (Wildman–Crippen LogP) is 19.9. The van der Waals surface area contributed by atoms with Gasteiger partial charge in [-0.15, -0.1) is 0 Å². The largest absolute Gasteiger partial charge is 0.0578 e. The van der Waals surface area contributed by atoms with Crippen molar-refractivity contribution in [2.45, 2.75) is 157 Å². The zero-order valence-corrected chi connectivity index (χ0v) is 43.4. The number of rotatable bonds is 0. The van der Waals surface area contributed by atoms with Gasteiger partial charge in [0.2, 0.25) is 0 Å². The van der Waals surface area contributed by atoms with E-state index >= 15 is 0 Å². The standard InChI is InChI=1S/C66H72/c1-61(2,3)37-19-25-43-49(31-37)50-32-38(62(4,5)6)20-26-44(50)56-55(43)57-45-27-21-39(63(7,8)9)33-51(45)53-35-41(65(13,14)15)23-29-47(53)59(57)60-48-30-24-42(66(16,17)18)36-54(48)52-34-40(64(10,11)12)22-28-46(52)58(56)60/h19-36H,1-18H3. The molecule has 0 saturated heterocycles. The lowest BCUT2D eigenvalue weighted by Crippen LogP contribution is -2.12. The lowest BCUT2D eigenvalue weighted by molar-refractivity contribution is 0.590. The highest BCUT2D eigenvalue weighted by Crippen LogP contribution is 2.54. The van der Waals surface area contributed by atoms with E-state index in [2.05, 4.69) is 234 Å². The van der Waals surface area contributed by atoms with E-state index in [0.29, 0.717) is 0 Å². The Hall–Kier alpha value is -5.46. The molecule has 0 saturated carbocycles. The second kappa shape index (κ2) is 14.0. The molecule has 0 bridgehead atoms. The predicted molar refractivity (Wildman–Crippen MR) is 296 cm³/mol. The molecule has 336 valence electrons. The van der Waals surface area contributed by atoms with Crippen LogP contribution in [0.5, 0.6) is 0 Å². The summed E-state index contributed by atoms with van der Waals surface area (Å²) in [5.41, 5.74) is 8.13. The highest BCUT2D eigenvalue weighted by atomic mass is 14.3. The van der Waals surface area contributed by atoms with E-state index in [1.54, 1.807) is 0 Å². The van der Waals surface area contributed by atoms with Crippen LogP contribution in [0.4, 0.5) is 0 Å². The van der Waals surface area contributed by atoms with Gasteiger partial charge in [0.25, 0.3) is 0 Å². The fourth-order valence-corrected chi connectivity index (χ4v) is 11.1. The number of fused-ring (bicyclic) bond motifs is 21. The van der Waals surface area contributed by atoms with Crippen LogP contribution in [-0.2, 0) is 32.5 Å². The van der Waals surface area contributed by atoms with Crippen molar-refractivity contribution in [1.29, 1.82) is 0 Å².